The first-order valence-corrected chi connectivity index (χ1v) is 4.27. The zero-order valence-electron chi connectivity index (χ0n) is 5.63. The summed E-state index contributed by atoms with van der Waals surface area (Å²) in [6.45, 7) is 3.99. The van der Waals surface area contributed by atoms with Crippen LogP contribution in [0.15, 0.2) is 4.99 Å². The summed E-state index contributed by atoms with van der Waals surface area (Å²) in [6, 6.07) is 0. The van der Waals surface area contributed by atoms with E-state index < -0.39 is 0 Å². The number of amidine groups is 1. The summed E-state index contributed by atoms with van der Waals surface area (Å²) in [4.78, 5) is 4.19. The monoisotopic (exact) mass is 143 g/mol. The van der Waals surface area contributed by atoms with Gasteiger partial charge >= 0.3 is 0 Å². The van der Waals surface area contributed by atoms with Crippen LogP contribution in [-0.4, -0.2) is 24.0 Å². The van der Waals surface area contributed by atoms with Crippen LogP contribution in [-0.2, 0) is 0 Å². The first kappa shape index (κ1) is 6.93. The maximum Gasteiger partial charge on any atom is 0.178 e. The molecule has 0 aromatic rings. The number of nitrogens with zero attached hydrogens (tertiary/aromatic N) is 2. The second-order valence-electron chi connectivity index (χ2n) is 1.89. The fraction of sp³-hybridized carbons (Fsp3) is 0.833. The molecule has 0 amide bonds. The van der Waals surface area contributed by atoms with E-state index in [9.17, 15) is 0 Å². The Morgan fingerprint density at radius 2 is 2.44 bits per heavy atom. The zero-order valence-corrected chi connectivity index (χ0v) is 6.45. The van der Waals surface area contributed by atoms with Crippen molar-refractivity contribution in [2.45, 2.75) is 13.3 Å². The van der Waals surface area contributed by atoms with E-state index in [-0.39, 0.29) is 0 Å². The van der Waals surface area contributed by atoms with E-state index in [1.54, 1.807) is 11.8 Å². The second-order valence-corrected chi connectivity index (χ2v) is 2.96. The highest BCUT2D eigenvalue weighted by Gasteiger charge is 2.05. The maximum absolute atomic E-state index is 4.19. The van der Waals surface area contributed by atoms with Crippen molar-refractivity contribution in [3.8, 4) is 0 Å². The first-order valence-electron chi connectivity index (χ1n) is 3.28. The molecule has 0 N–H and O–H groups in total. The molecule has 0 aliphatic carbocycles. The van der Waals surface area contributed by atoms with Gasteiger partial charge in [0, 0.05) is 5.75 Å². The molecule has 1 aliphatic rings. The molecule has 1 aliphatic heterocycles. The molecule has 1 radical (unpaired) electrons. The predicted octanol–water partition coefficient (Wildman–Crippen LogP) is 1.10. The standard InChI is InChI=1S/C6H11N2S/c1-2-5-9-6-7-3-4-8-6/h2-5H2,1H3. The zero-order chi connectivity index (χ0) is 6.53. The van der Waals surface area contributed by atoms with Gasteiger partial charge in [0.1, 0.15) is 0 Å². The molecule has 0 unspecified atom stereocenters. The van der Waals surface area contributed by atoms with Gasteiger partial charge in [0.15, 0.2) is 5.17 Å². The Labute approximate surface area is 60.1 Å². The average molecular weight is 143 g/mol. The van der Waals surface area contributed by atoms with Gasteiger partial charge < -0.3 is 0 Å². The number of aliphatic imine (C=N–C) groups is 1. The predicted molar refractivity (Wildman–Crippen MR) is 42.1 cm³/mol. The van der Waals surface area contributed by atoms with Crippen LogP contribution in [0, 0.1) is 0 Å². The van der Waals surface area contributed by atoms with Gasteiger partial charge in [-0.2, -0.15) is 0 Å². The molecule has 1 heterocycles. The van der Waals surface area contributed by atoms with Gasteiger partial charge in [0.05, 0.1) is 13.1 Å². The molecule has 0 aromatic carbocycles. The summed E-state index contributed by atoms with van der Waals surface area (Å²) >= 11 is 1.77. The highest BCUT2D eigenvalue weighted by molar-refractivity contribution is 8.13. The van der Waals surface area contributed by atoms with Crippen LogP contribution < -0.4 is 5.32 Å². The van der Waals surface area contributed by atoms with Gasteiger partial charge in [-0.1, -0.05) is 18.7 Å². The Hall–Kier alpha value is -0.180. The normalized spacial score (nSPS) is 17.2. The number of hydrogen-bond donors (Lipinski definition) is 0. The highest BCUT2D eigenvalue weighted by atomic mass is 32.2. The van der Waals surface area contributed by atoms with Crippen molar-refractivity contribution in [3.63, 3.8) is 0 Å². The summed E-state index contributed by atoms with van der Waals surface area (Å²) in [5.74, 6) is 1.16. The van der Waals surface area contributed by atoms with E-state index >= 15 is 0 Å². The Balaban J connectivity index is 2.11. The largest absolute Gasteiger partial charge is 0.259 e. The van der Waals surface area contributed by atoms with Gasteiger partial charge in [-0.25, -0.2) is 0 Å². The molecule has 51 valence electrons. The Morgan fingerprint density at radius 3 is 3.00 bits per heavy atom. The van der Waals surface area contributed by atoms with Gasteiger partial charge in [-0.3, -0.25) is 10.3 Å². The van der Waals surface area contributed by atoms with E-state index in [4.69, 9.17) is 0 Å². The van der Waals surface area contributed by atoms with Gasteiger partial charge in [-0.05, 0) is 6.42 Å². The topological polar surface area (TPSA) is 26.5 Å². The summed E-state index contributed by atoms with van der Waals surface area (Å²) in [6.07, 6.45) is 1.21. The lowest BCUT2D eigenvalue weighted by atomic mass is 10.6. The molecule has 0 fully saturated rings. The van der Waals surface area contributed by atoms with Gasteiger partial charge in [0.2, 0.25) is 0 Å². The molecule has 9 heavy (non-hydrogen) atoms. The van der Waals surface area contributed by atoms with Crippen LogP contribution >= 0.6 is 11.8 Å². The van der Waals surface area contributed by atoms with Crippen LogP contribution in [0.2, 0.25) is 0 Å². The van der Waals surface area contributed by atoms with E-state index in [1.807, 2.05) is 0 Å². The maximum atomic E-state index is 4.19. The molecule has 0 saturated heterocycles. The molecule has 1 rings (SSSR count). The van der Waals surface area contributed by atoms with Crippen molar-refractivity contribution in [2.75, 3.05) is 18.8 Å². The van der Waals surface area contributed by atoms with E-state index in [1.165, 1.54) is 6.42 Å². The van der Waals surface area contributed by atoms with E-state index in [0.717, 1.165) is 24.0 Å². The van der Waals surface area contributed by atoms with E-state index in [0.29, 0.717) is 0 Å². The fourth-order valence-electron chi connectivity index (χ4n) is 0.626. The van der Waals surface area contributed by atoms with Crippen LogP contribution in [0.3, 0.4) is 0 Å². The Morgan fingerprint density at radius 1 is 1.56 bits per heavy atom. The molecule has 0 saturated carbocycles. The van der Waals surface area contributed by atoms with Gasteiger partial charge in [0.25, 0.3) is 0 Å². The number of rotatable bonds is 2. The van der Waals surface area contributed by atoms with Crippen LogP contribution in [0.4, 0.5) is 0 Å². The molecular formula is C6H11N2S. The van der Waals surface area contributed by atoms with Crippen molar-refractivity contribution in [1.82, 2.24) is 5.32 Å². The molecule has 0 atom stereocenters. The minimum Gasteiger partial charge on any atom is -0.259 e. The SMILES string of the molecule is CCCSC1=NCC[N]1. The highest BCUT2D eigenvalue weighted by Crippen LogP contribution is 2.06. The van der Waals surface area contributed by atoms with Crippen LogP contribution in [0.1, 0.15) is 13.3 Å². The van der Waals surface area contributed by atoms with Crippen molar-refractivity contribution >= 4 is 16.9 Å². The lowest BCUT2D eigenvalue weighted by Crippen LogP contribution is -2.06. The van der Waals surface area contributed by atoms with Crippen molar-refractivity contribution in [3.05, 3.63) is 0 Å². The minimum absolute atomic E-state index is 0.909. The van der Waals surface area contributed by atoms with Crippen LogP contribution in [0.5, 0.6) is 0 Å². The quantitative estimate of drug-likeness (QED) is 0.568. The molecular weight excluding hydrogens is 132 g/mol. The van der Waals surface area contributed by atoms with Crippen molar-refractivity contribution in [1.29, 1.82) is 0 Å². The summed E-state index contributed by atoms with van der Waals surface area (Å²) in [7, 11) is 0. The smallest absolute Gasteiger partial charge is 0.178 e. The third kappa shape index (κ3) is 2.26. The molecule has 0 bridgehead atoms. The Bertz CT molecular complexity index is 112. The van der Waals surface area contributed by atoms with E-state index in [2.05, 4.69) is 17.2 Å². The summed E-state index contributed by atoms with van der Waals surface area (Å²) in [5, 5.41) is 5.20. The number of thioether (sulfide) groups is 1. The first-order chi connectivity index (χ1) is 4.43. The van der Waals surface area contributed by atoms with Crippen molar-refractivity contribution < 1.29 is 0 Å². The minimum atomic E-state index is 0.909. The molecule has 2 nitrogen and oxygen atoms in total. The fourth-order valence-corrected chi connectivity index (χ4v) is 1.38. The van der Waals surface area contributed by atoms with Crippen molar-refractivity contribution in [2.24, 2.45) is 4.99 Å². The van der Waals surface area contributed by atoms with Gasteiger partial charge in [-0.15, -0.1) is 0 Å². The third-order valence-corrected chi connectivity index (χ3v) is 2.16. The third-order valence-electron chi connectivity index (χ3n) is 1.03. The summed E-state index contributed by atoms with van der Waals surface area (Å²) in [5.41, 5.74) is 0. The molecule has 3 heteroatoms. The Kier molecular flexibility index (Phi) is 2.91. The van der Waals surface area contributed by atoms with Crippen LogP contribution in [0.25, 0.3) is 0 Å². The summed E-state index contributed by atoms with van der Waals surface area (Å²) < 4.78 is 0. The molecule has 0 spiro atoms. The lowest BCUT2D eigenvalue weighted by molar-refractivity contribution is 0.950. The lowest BCUT2D eigenvalue weighted by Gasteiger charge is -1.94. The second kappa shape index (κ2) is 3.77. The molecule has 0 aromatic heterocycles. The number of hydrogen-bond acceptors (Lipinski definition) is 2. The average Bonchev–Trinajstić information content (AvgIpc) is 2.34.